The molecule has 1 aromatic rings. The van der Waals surface area contributed by atoms with Crippen LogP contribution >= 0.6 is 24.0 Å². The molecule has 1 fully saturated rings. The van der Waals surface area contributed by atoms with Crippen LogP contribution in [0.2, 0.25) is 0 Å². The Morgan fingerprint density at radius 3 is 2.58 bits per heavy atom. The summed E-state index contributed by atoms with van der Waals surface area (Å²) in [5.41, 5.74) is 0. The van der Waals surface area contributed by atoms with Gasteiger partial charge < -0.3 is 20.3 Å². The smallest absolute Gasteiger partial charge is 0.191 e. The Labute approximate surface area is 173 Å². The predicted molar refractivity (Wildman–Crippen MR) is 116 cm³/mol. The molecule has 0 aliphatic heterocycles. The molecule has 7 heteroatoms. The summed E-state index contributed by atoms with van der Waals surface area (Å²) in [5.74, 6) is 1.48. The largest absolute Gasteiger partial charge is 0.486 e. The van der Waals surface area contributed by atoms with E-state index in [9.17, 15) is 4.39 Å². The van der Waals surface area contributed by atoms with Gasteiger partial charge in [-0.2, -0.15) is 0 Å². The summed E-state index contributed by atoms with van der Waals surface area (Å²) >= 11 is 0. The zero-order chi connectivity index (χ0) is 18.2. The van der Waals surface area contributed by atoms with Gasteiger partial charge in [-0.3, -0.25) is 4.99 Å². The Bertz CT molecular complexity index is 564. The van der Waals surface area contributed by atoms with Crippen LogP contribution in [0.15, 0.2) is 29.3 Å². The maximum Gasteiger partial charge on any atom is 0.191 e. The molecule has 148 valence electrons. The van der Waals surface area contributed by atoms with Crippen LogP contribution in [0.1, 0.15) is 26.7 Å². The molecular weight excluding hydrogens is 446 g/mol. The highest BCUT2D eigenvalue weighted by Crippen LogP contribution is 2.34. The van der Waals surface area contributed by atoms with Crippen molar-refractivity contribution in [3.63, 3.8) is 0 Å². The number of ether oxygens (including phenoxy) is 1. The van der Waals surface area contributed by atoms with Crippen LogP contribution in [0.4, 0.5) is 4.39 Å². The zero-order valence-electron chi connectivity index (χ0n) is 16.2. The number of rotatable bonds is 9. The first kappa shape index (κ1) is 23.0. The molecule has 0 bridgehead atoms. The Morgan fingerprint density at radius 2 is 2.00 bits per heavy atom. The second-order valence-corrected chi connectivity index (χ2v) is 6.83. The first-order valence-corrected chi connectivity index (χ1v) is 9.11. The average Bonchev–Trinajstić information content (AvgIpc) is 3.39. The number of benzene rings is 1. The van der Waals surface area contributed by atoms with E-state index in [2.05, 4.69) is 29.6 Å². The van der Waals surface area contributed by atoms with Crippen LogP contribution in [-0.4, -0.2) is 56.7 Å². The number of para-hydroxylation sites is 1. The lowest BCUT2D eigenvalue weighted by Crippen LogP contribution is -2.43. The van der Waals surface area contributed by atoms with Crippen molar-refractivity contribution in [3.8, 4) is 5.75 Å². The monoisotopic (exact) mass is 478 g/mol. The van der Waals surface area contributed by atoms with Crippen molar-refractivity contribution < 1.29 is 9.13 Å². The van der Waals surface area contributed by atoms with E-state index in [1.54, 1.807) is 18.2 Å². The van der Waals surface area contributed by atoms with Gasteiger partial charge in [0, 0.05) is 12.6 Å². The van der Waals surface area contributed by atoms with Crippen LogP contribution in [0.3, 0.4) is 0 Å². The van der Waals surface area contributed by atoms with Crippen molar-refractivity contribution in [2.45, 2.75) is 38.8 Å². The van der Waals surface area contributed by atoms with Crippen LogP contribution in [-0.2, 0) is 0 Å². The first-order valence-electron chi connectivity index (χ1n) is 9.11. The number of nitrogens with one attached hydrogen (secondary N) is 2. The summed E-state index contributed by atoms with van der Waals surface area (Å²) in [5, 5.41) is 6.54. The van der Waals surface area contributed by atoms with E-state index < -0.39 is 0 Å². The minimum Gasteiger partial charge on any atom is -0.486 e. The molecular formula is C19H32FIN4O. The first-order chi connectivity index (χ1) is 12.0. The van der Waals surface area contributed by atoms with Gasteiger partial charge in [0.1, 0.15) is 6.10 Å². The molecule has 1 aromatic carbocycles. The predicted octanol–water partition coefficient (Wildman–Crippen LogP) is 3.11. The van der Waals surface area contributed by atoms with E-state index in [0.717, 1.165) is 25.0 Å². The third-order valence-corrected chi connectivity index (χ3v) is 4.33. The van der Waals surface area contributed by atoms with Gasteiger partial charge in [0.25, 0.3) is 0 Å². The summed E-state index contributed by atoms with van der Waals surface area (Å²) < 4.78 is 19.3. The molecule has 2 atom stereocenters. The molecule has 5 nitrogen and oxygen atoms in total. The summed E-state index contributed by atoms with van der Waals surface area (Å²) in [4.78, 5) is 6.97. The molecule has 0 aromatic heterocycles. The Kier molecular flexibility index (Phi) is 10.2. The number of guanidine groups is 1. The molecule has 0 amide bonds. The lowest BCUT2D eigenvalue weighted by atomic mass is 10.2. The van der Waals surface area contributed by atoms with Gasteiger partial charge in [0.2, 0.25) is 0 Å². The fourth-order valence-corrected chi connectivity index (χ4v) is 2.78. The van der Waals surface area contributed by atoms with Gasteiger partial charge in [0.15, 0.2) is 17.5 Å². The molecule has 0 saturated heterocycles. The second-order valence-electron chi connectivity index (χ2n) is 6.83. The number of aliphatic imine (C=N–C) groups is 1. The normalized spacial score (nSPS) is 16.6. The van der Waals surface area contributed by atoms with Crippen LogP contribution in [0.25, 0.3) is 0 Å². The summed E-state index contributed by atoms with van der Waals surface area (Å²) in [6.45, 7) is 6.08. The van der Waals surface area contributed by atoms with Crippen LogP contribution < -0.4 is 15.4 Å². The van der Waals surface area contributed by atoms with Crippen LogP contribution in [0, 0.1) is 11.7 Å². The third-order valence-electron chi connectivity index (χ3n) is 4.33. The number of halogens is 2. The topological polar surface area (TPSA) is 48.9 Å². The lowest BCUT2D eigenvalue weighted by Gasteiger charge is -2.23. The number of hydrogen-bond acceptors (Lipinski definition) is 3. The van der Waals surface area contributed by atoms with Crippen LogP contribution in [0.5, 0.6) is 5.75 Å². The second kappa shape index (κ2) is 11.6. The molecule has 2 unspecified atom stereocenters. The number of nitrogens with zero attached hydrogens (tertiary/aromatic N) is 2. The third kappa shape index (κ3) is 7.65. The molecule has 1 aliphatic carbocycles. The number of likely N-dealkylation sites (N-methyl/N-ethyl adjacent to an activating group) is 1. The van der Waals surface area contributed by atoms with E-state index in [0.29, 0.717) is 12.6 Å². The lowest BCUT2D eigenvalue weighted by molar-refractivity contribution is 0.214. The Balaban J connectivity index is 0.00000338. The highest BCUT2D eigenvalue weighted by atomic mass is 127. The fraction of sp³-hybridized carbons (Fsp3) is 0.632. The molecule has 0 radical (unpaired) electrons. The standard InChI is InChI=1S/C19H31FN4O.HI/c1-5-21-19(23-13-17(24(3)4)15-10-11-15)22-12-14(2)25-18-9-7-6-8-16(18)20;/h6-9,14-15,17H,5,10-13H2,1-4H3,(H2,21,22,23);1H. The van der Waals surface area contributed by atoms with E-state index >= 15 is 0 Å². The average molecular weight is 478 g/mol. The molecule has 0 heterocycles. The Morgan fingerprint density at radius 1 is 1.31 bits per heavy atom. The highest BCUT2D eigenvalue weighted by Gasteiger charge is 2.32. The molecule has 1 aliphatic rings. The van der Waals surface area contributed by atoms with Crippen molar-refractivity contribution in [1.82, 2.24) is 15.5 Å². The maximum absolute atomic E-state index is 13.7. The van der Waals surface area contributed by atoms with Gasteiger partial charge in [-0.15, -0.1) is 24.0 Å². The van der Waals surface area contributed by atoms with Gasteiger partial charge in [-0.25, -0.2) is 4.39 Å². The molecule has 2 rings (SSSR count). The summed E-state index contributed by atoms with van der Waals surface area (Å²) in [7, 11) is 4.23. The molecule has 26 heavy (non-hydrogen) atoms. The van der Waals surface area contributed by atoms with Gasteiger partial charge in [-0.05, 0) is 58.8 Å². The quantitative estimate of drug-likeness (QED) is 0.326. The van der Waals surface area contributed by atoms with Gasteiger partial charge in [-0.1, -0.05) is 12.1 Å². The van der Waals surface area contributed by atoms with Gasteiger partial charge >= 0.3 is 0 Å². The minimum atomic E-state index is -0.340. The maximum atomic E-state index is 13.7. The van der Waals surface area contributed by atoms with E-state index in [4.69, 9.17) is 9.73 Å². The number of hydrogen-bond donors (Lipinski definition) is 2. The fourth-order valence-electron chi connectivity index (χ4n) is 2.78. The molecule has 1 saturated carbocycles. The minimum absolute atomic E-state index is 0. The van der Waals surface area contributed by atoms with Crippen molar-refractivity contribution in [3.05, 3.63) is 30.1 Å². The van der Waals surface area contributed by atoms with E-state index in [-0.39, 0.29) is 41.6 Å². The summed E-state index contributed by atoms with van der Waals surface area (Å²) in [6.07, 6.45) is 2.43. The van der Waals surface area contributed by atoms with E-state index in [1.807, 2.05) is 13.8 Å². The van der Waals surface area contributed by atoms with Crippen molar-refractivity contribution in [2.24, 2.45) is 10.9 Å². The Hall–Kier alpha value is -1.09. The summed E-state index contributed by atoms with van der Waals surface area (Å²) in [6, 6.07) is 6.95. The van der Waals surface area contributed by atoms with Crippen molar-refractivity contribution >= 4 is 29.9 Å². The highest BCUT2D eigenvalue weighted by molar-refractivity contribution is 14.0. The SMILES string of the molecule is CCNC(=NCC(C1CC1)N(C)C)NCC(C)Oc1ccccc1F.I. The molecule has 0 spiro atoms. The van der Waals surface area contributed by atoms with Crippen molar-refractivity contribution in [1.29, 1.82) is 0 Å². The zero-order valence-corrected chi connectivity index (χ0v) is 18.5. The molecule has 2 N–H and O–H groups in total. The van der Waals surface area contributed by atoms with Crippen molar-refractivity contribution in [2.75, 3.05) is 33.7 Å². The van der Waals surface area contributed by atoms with Gasteiger partial charge in [0.05, 0.1) is 13.1 Å². The van der Waals surface area contributed by atoms with E-state index in [1.165, 1.54) is 18.9 Å².